The molecule has 2 aliphatic heterocycles. The van der Waals surface area contributed by atoms with E-state index in [1.54, 1.807) is 36.4 Å². The van der Waals surface area contributed by atoms with Crippen molar-refractivity contribution < 1.29 is 38.7 Å². The van der Waals surface area contributed by atoms with Crippen molar-refractivity contribution in [3.63, 3.8) is 0 Å². The molecule has 2 saturated heterocycles. The number of rotatable bonds is 8. The van der Waals surface area contributed by atoms with Crippen molar-refractivity contribution in [2.45, 2.75) is 115 Å². The molecule has 1 saturated carbocycles. The Hall–Kier alpha value is -5.57. The minimum Gasteiger partial charge on any atom is -0.391 e. The number of aliphatic hydroxyl groups is 1. The van der Waals surface area contributed by atoms with E-state index in [0.717, 1.165) is 5.56 Å². The third kappa shape index (κ3) is 11.5. The van der Waals surface area contributed by atoms with Crippen LogP contribution in [0, 0.1) is 11.8 Å². The molecule has 7 N–H and O–H groups in total. The maximum absolute atomic E-state index is 14.7. The molecule has 15 nitrogen and oxygen atoms in total. The van der Waals surface area contributed by atoms with Gasteiger partial charge in [-0.2, -0.15) is 0 Å². The fraction of sp³-hybridized carbons (Fsp3) is 0.500. The third-order valence-electron chi connectivity index (χ3n) is 10.7. The smallest absolute Gasteiger partial charge is 0.246 e. The fourth-order valence-corrected chi connectivity index (χ4v) is 7.70. The molecule has 9 atom stereocenters. The summed E-state index contributed by atoms with van der Waals surface area (Å²) in [7, 11) is 0. The second-order valence-corrected chi connectivity index (χ2v) is 15.7. The van der Waals surface area contributed by atoms with Crippen molar-refractivity contribution in [2.24, 2.45) is 11.8 Å². The average molecular weight is 786 g/mol. The Morgan fingerprint density at radius 1 is 0.807 bits per heavy atom. The van der Waals surface area contributed by atoms with E-state index >= 15 is 0 Å². The van der Waals surface area contributed by atoms with Crippen LogP contribution in [0.4, 0.5) is 0 Å². The highest BCUT2D eigenvalue weighted by Crippen LogP contribution is 2.27. The Kier molecular flexibility index (Phi) is 14.6. The van der Waals surface area contributed by atoms with E-state index in [0.29, 0.717) is 24.8 Å². The summed E-state index contributed by atoms with van der Waals surface area (Å²) in [6.07, 6.45) is 3.43. The van der Waals surface area contributed by atoms with Crippen LogP contribution in [0.25, 0.3) is 6.08 Å². The van der Waals surface area contributed by atoms with Gasteiger partial charge in [0.25, 0.3) is 0 Å². The summed E-state index contributed by atoms with van der Waals surface area (Å²) in [5.74, 6) is -4.93. The average Bonchev–Trinajstić information content (AvgIpc) is 3.82. The predicted octanol–water partition coefficient (Wildman–Crippen LogP) is 0.713. The summed E-state index contributed by atoms with van der Waals surface area (Å²) >= 11 is 0. The van der Waals surface area contributed by atoms with Crippen LogP contribution < -0.4 is 31.9 Å². The first-order valence-electron chi connectivity index (χ1n) is 19.8. The number of carbonyl (C=O) groups excluding carboxylic acids is 7. The minimum atomic E-state index is -1.52. The number of carbonyl (C=O) groups is 7. The fourth-order valence-electron chi connectivity index (χ4n) is 7.70. The maximum atomic E-state index is 14.7. The highest BCUT2D eigenvalue weighted by Gasteiger charge is 2.44. The van der Waals surface area contributed by atoms with E-state index in [9.17, 15) is 38.7 Å². The number of hydrogen-bond donors (Lipinski definition) is 7. The number of hydrogen-bond acceptors (Lipinski definition) is 8. The minimum absolute atomic E-state index is 0.0112. The second kappa shape index (κ2) is 19.5. The molecule has 7 amide bonds. The van der Waals surface area contributed by atoms with E-state index < -0.39 is 95.7 Å². The van der Waals surface area contributed by atoms with Crippen LogP contribution in [-0.2, 0) is 40.0 Å². The zero-order chi connectivity index (χ0) is 41.2. The van der Waals surface area contributed by atoms with Gasteiger partial charge >= 0.3 is 0 Å². The molecular formula is C42H55N7O8. The van der Waals surface area contributed by atoms with E-state index in [1.165, 1.54) is 24.8 Å². The predicted molar refractivity (Wildman–Crippen MR) is 211 cm³/mol. The zero-order valence-corrected chi connectivity index (χ0v) is 32.9. The molecule has 1 unspecified atom stereocenters. The lowest BCUT2D eigenvalue weighted by Crippen LogP contribution is -2.61. The van der Waals surface area contributed by atoms with Gasteiger partial charge in [-0.1, -0.05) is 80.9 Å². The van der Waals surface area contributed by atoms with Crippen molar-refractivity contribution in [2.75, 3.05) is 6.54 Å². The molecule has 0 bridgehead atoms. The second-order valence-electron chi connectivity index (χ2n) is 15.7. The van der Waals surface area contributed by atoms with Gasteiger partial charge in [0.2, 0.25) is 41.4 Å². The van der Waals surface area contributed by atoms with Gasteiger partial charge in [0.05, 0.1) is 12.0 Å². The highest BCUT2D eigenvalue weighted by atomic mass is 16.3. The molecule has 3 aliphatic rings. The van der Waals surface area contributed by atoms with Crippen molar-refractivity contribution in [3.05, 3.63) is 77.9 Å². The van der Waals surface area contributed by atoms with Gasteiger partial charge in [0, 0.05) is 31.1 Å². The van der Waals surface area contributed by atoms with Gasteiger partial charge in [-0.3, -0.25) is 33.6 Å². The molecule has 5 rings (SSSR count). The van der Waals surface area contributed by atoms with Gasteiger partial charge in [0.15, 0.2) is 0 Å². The number of fused-ring (bicyclic) bond motifs is 2. The van der Waals surface area contributed by atoms with Crippen LogP contribution in [0.15, 0.2) is 66.7 Å². The van der Waals surface area contributed by atoms with Crippen LogP contribution in [0.5, 0.6) is 0 Å². The van der Waals surface area contributed by atoms with E-state index in [-0.39, 0.29) is 31.7 Å². The Morgan fingerprint density at radius 3 is 2.14 bits per heavy atom. The Labute approximate surface area is 333 Å². The molecule has 3 fully saturated rings. The van der Waals surface area contributed by atoms with Crippen LogP contribution in [0.1, 0.15) is 70.9 Å². The molecule has 57 heavy (non-hydrogen) atoms. The standard InChI is InChI=1S/C42H55N7O8/c1-24(2)20-32-39(54)48-36(26(4)50)41(56)47-33(21-28-14-9-6-10-15-28)42(57)49-23-29(44-35(51)19-18-27-12-7-5-8-13-27)22-34(49)40(55)43-25(3)37(52)45-31-17-11-16-30(31)38(53)46-32/h5-10,12-15,18-19,24-26,29-34,36,50H,11,16-17,20-23H2,1-4H3,(H,43,55)(H,44,51)(H,45,52)(H,46,53)(H,47,56)(H,48,54)/t25-,26+,29+,30+,31+,32-,33-,34?,36-/m0/s1. The molecule has 0 aromatic heterocycles. The van der Waals surface area contributed by atoms with Crippen LogP contribution >= 0.6 is 0 Å². The van der Waals surface area contributed by atoms with Crippen LogP contribution in [-0.4, -0.2) is 106 Å². The Bertz CT molecular complexity index is 1800. The SMILES string of the molecule is CC(C)C[C@@H]1NC(=O)[C@@H]2CCC[C@H]2NC(=O)[C@H](C)NC(=O)C2C[C@@H](NC(=O)C=Cc3ccccc3)CN2C(=O)[C@H](Cc2ccccc2)NC(=O)[C@H]([C@@H](C)O)NC1=O. The Morgan fingerprint density at radius 2 is 1.47 bits per heavy atom. The van der Waals surface area contributed by atoms with Gasteiger partial charge in [-0.15, -0.1) is 0 Å². The first kappa shape index (κ1) is 42.6. The lowest BCUT2D eigenvalue weighted by atomic mass is 9.98. The molecule has 15 heteroatoms. The van der Waals surface area contributed by atoms with Crippen molar-refractivity contribution >= 4 is 47.4 Å². The lowest BCUT2D eigenvalue weighted by molar-refractivity contribution is -0.143. The summed E-state index contributed by atoms with van der Waals surface area (Å²) in [6.45, 7) is 6.51. The molecule has 0 spiro atoms. The first-order chi connectivity index (χ1) is 27.2. The van der Waals surface area contributed by atoms with E-state index in [1.807, 2.05) is 44.2 Å². The number of amides is 7. The summed E-state index contributed by atoms with van der Waals surface area (Å²) in [4.78, 5) is 98.1. The van der Waals surface area contributed by atoms with Crippen LogP contribution in [0.3, 0.4) is 0 Å². The zero-order valence-electron chi connectivity index (χ0n) is 32.9. The van der Waals surface area contributed by atoms with Crippen molar-refractivity contribution in [3.8, 4) is 0 Å². The summed E-state index contributed by atoms with van der Waals surface area (Å²) in [5.41, 5.74) is 1.48. The molecule has 2 aromatic rings. The normalized spacial score (nSPS) is 28.5. The lowest BCUT2D eigenvalue weighted by Gasteiger charge is -2.31. The molecule has 306 valence electrons. The summed E-state index contributed by atoms with van der Waals surface area (Å²) in [5, 5.41) is 27.5. The van der Waals surface area contributed by atoms with Gasteiger partial charge in [-0.05, 0) is 62.7 Å². The van der Waals surface area contributed by atoms with E-state index in [4.69, 9.17) is 0 Å². The molecule has 2 aromatic carbocycles. The molecule has 2 heterocycles. The maximum Gasteiger partial charge on any atom is 0.246 e. The van der Waals surface area contributed by atoms with Crippen molar-refractivity contribution in [1.29, 1.82) is 0 Å². The van der Waals surface area contributed by atoms with Gasteiger partial charge in [0.1, 0.15) is 30.2 Å². The quantitative estimate of drug-likeness (QED) is 0.189. The molecule has 0 radical (unpaired) electrons. The number of benzene rings is 2. The van der Waals surface area contributed by atoms with Crippen molar-refractivity contribution in [1.82, 2.24) is 36.8 Å². The largest absolute Gasteiger partial charge is 0.391 e. The van der Waals surface area contributed by atoms with E-state index in [2.05, 4.69) is 31.9 Å². The van der Waals surface area contributed by atoms with Crippen LogP contribution in [0.2, 0.25) is 0 Å². The number of nitrogens with one attached hydrogen (secondary N) is 6. The molecule has 1 aliphatic carbocycles. The Balaban J connectivity index is 1.49. The topological polar surface area (TPSA) is 215 Å². The summed E-state index contributed by atoms with van der Waals surface area (Å²) < 4.78 is 0. The molecular weight excluding hydrogens is 731 g/mol. The van der Waals surface area contributed by atoms with Gasteiger partial charge in [-0.25, -0.2) is 0 Å². The number of aliphatic hydroxyl groups excluding tert-OH is 1. The number of nitrogens with zero attached hydrogens (tertiary/aromatic N) is 1. The monoisotopic (exact) mass is 785 g/mol. The third-order valence-corrected chi connectivity index (χ3v) is 10.7. The summed E-state index contributed by atoms with van der Waals surface area (Å²) in [6, 6.07) is 10.8. The van der Waals surface area contributed by atoms with Gasteiger partial charge < -0.3 is 41.9 Å². The first-order valence-corrected chi connectivity index (χ1v) is 19.8. The highest BCUT2D eigenvalue weighted by molar-refractivity contribution is 5.98.